The predicted molar refractivity (Wildman–Crippen MR) is 135 cm³/mol. The van der Waals surface area contributed by atoms with Gasteiger partial charge in [0.2, 0.25) is 5.91 Å². The number of anilines is 1. The molecule has 2 heterocycles. The summed E-state index contributed by atoms with van der Waals surface area (Å²) in [4.78, 5) is 31.1. The SMILES string of the molecule is O=C1NC2CC(C(=O)N3CCN(c4ccccc4)CC3)CCC2S/C1=C/c1ccccc1Cl. The van der Waals surface area contributed by atoms with Crippen LogP contribution in [0, 0.1) is 5.92 Å². The quantitative estimate of drug-likeness (QED) is 0.659. The van der Waals surface area contributed by atoms with Crippen LogP contribution in [0.5, 0.6) is 0 Å². The second kappa shape index (κ2) is 9.82. The maximum Gasteiger partial charge on any atom is 0.257 e. The van der Waals surface area contributed by atoms with E-state index < -0.39 is 0 Å². The van der Waals surface area contributed by atoms with E-state index in [1.54, 1.807) is 11.8 Å². The first-order valence-electron chi connectivity index (χ1n) is 11.6. The number of benzene rings is 2. The Labute approximate surface area is 204 Å². The molecule has 0 aromatic heterocycles. The molecule has 5 rings (SSSR count). The summed E-state index contributed by atoms with van der Waals surface area (Å²) in [5.41, 5.74) is 2.07. The van der Waals surface area contributed by atoms with Crippen molar-refractivity contribution in [2.75, 3.05) is 31.1 Å². The molecule has 2 aliphatic heterocycles. The second-order valence-electron chi connectivity index (χ2n) is 8.92. The normalized spacial score (nSPS) is 26.6. The van der Waals surface area contributed by atoms with Gasteiger partial charge in [0.25, 0.3) is 5.91 Å². The van der Waals surface area contributed by atoms with E-state index >= 15 is 0 Å². The van der Waals surface area contributed by atoms with E-state index in [1.807, 2.05) is 41.3 Å². The highest BCUT2D eigenvalue weighted by Crippen LogP contribution is 2.40. The average molecular weight is 482 g/mol. The van der Waals surface area contributed by atoms with Crippen molar-refractivity contribution in [3.05, 3.63) is 70.1 Å². The number of carbonyl (C=O) groups excluding carboxylic acids is 2. The van der Waals surface area contributed by atoms with Gasteiger partial charge in [-0.15, -0.1) is 11.8 Å². The fourth-order valence-corrected chi connectivity index (χ4v) is 6.51. The lowest BCUT2D eigenvalue weighted by Crippen LogP contribution is -2.54. The molecule has 0 spiro atoms. The highest BCUT2D eigenvalue weighted by molar-refractivity contribution is 8.04. The summed E-state index contributed by atoms with van der Waals surface area (Å²) >= 11 is 7.90. The second-order valence-corrected chi connectivity index (χ2v) is 10.6. The molecule has 3 fully saturated rings. The van der Waals surface area contributed by atoms with Crippen molar-refractivity contribution in [2.24, 2.45) is 5.92 Å². The molecule has 33 heavy (non-hydrogen) atoms. The average Bonchev–Trinajstić information content (AvgIpc) is 2.86. The van der Waals surface area contributed by atoms with Crippen LogP contribution in [0.2, 0.25) is 5.02 Å². The smallest absolute Gasteiger partial charge is 0.257 e. The van der Waals surface area contributed by atoms with Crippen LogP contribution >= 0.6 is 23.4 Å². The van der Waals surface area contributed by atoms with Gasteiger partial charge in [0, 0.05) is 54.1 Å². The molecular formula is C26H28ClN3O2S. The van der Waals surface area contributed by atoms with E-state index in [4.69, 9.17) is 11.6 Å². The molecule has 3 unspecified atom stereocenters. The van der Waals surface area contributed by atoms with Crippen molar-refractivity contribution < 1.29 is 9.59 Å². The fourth-order valence-electron chi connectivity index (χ4n) is 5.03. The van der Waals surface area contributed by atoms with Crippen molar-refractivity contribution in [3.8, 4) is 0 Å². The number of para-hydroxylation sites is 1. The van der Waals surface area contributed by atoms with Gasteiger partial charge in [-0.2, -0.15) is 0 Å². The lowest BCUT2D eigenvalue weighted by molar-refractivity contribution is -0.137. The first kappa shape index (κ1) is 22.4. The lowest BCUT2D eigenvalue weighted by atomic mass is 9.84. The number of amides is 2. The zero-order chi connectivity index (χ0) is 22.8. The number of nitrogens with zero attached hydrogens (tertiary/aromatic N) is 2. The number of carbonyl (C=O) groups is 2. The zero-order valence-electron chi connectivity index (χ0n) is 18.5. The van der Waals surface area contributed by atoms with Crippen LogP contribution in [0.15, 0.2) is 59.5 Å². The number of nitrogens with one attached hydrogen (secondary N) is 1. The first-order chi connectivity index (χ1) is 16.1. The first-order valence-corrected chi connectivity index (χ1v) is 12.9. The van der Waals surface area contributed by atoms with Crippen molar-refractivity contribution in [3.63, 3.8) is 0 Å². The number of rotatable bonds is 3. The molecule has 1 aliphatic carbocycles. The monoisotopic (exact) mass is 481 g/mol. The number of hydrogen-bond donors (Lipinski definition) is 1. The fraction of sp³-hybridized carbons (Fsp3) is 0.385. The minimum Gasteiger partial charge on any atom is -0.368 e. The Kier molecular flexibility index (Phi) is 6.65. The summed E-state index contributed by atoms with van der Waals surface area (Å²) < 4.78 is 0. The van der Waals surface area contributed by atoms with E-state index in [9.17, 15) is 9.59 Å². The van der Waals surface area contributed by atoms with Crippen LogP contribution < -0.4 is 10.2 Å². The Morgan fingerprint density at radius 2 is 1.73 bits per heavy atom. The summed E-state index contributed by atoms with van der Waals surface area (Å²) in [6.07, 6.45) is 4.40. The van der Waals surface area contributed by atoms with Gasteiger partial charge >= 0.3 is 0 Å². The zero-order valence-corrected chi connectivity index (χ0v) is 20.0. The molecule has 2 amide bonds. The largest absolute Gasteiger partial charge is 0.368 e. The van der Waals surface area contributed by atoms with E-state index in [0.717, 1.165) is 51.0 Å². The van der Waals surface area contributed by atoms with Crippen molar-refractivity contribution >= 4 is 46.9 Å². The van der Waals surface area contributed by atoms with Gasteiger partial charge in [0.1, 0.15) is 0 Å². The van der Waals surface area contributed by atoms with Crippen LogP contribution in [-0.2, 0) is 9.59 Å². The van der Waals surface area contributed by atoms with E-state index in [0.29, 0.717) is 15.2 Å². The summed E-state index contributed by atoms with van der Waals surface area (Å²) in [5, 5.41) is 4.12. The lowest BCUT2D eigenvalue weighted by Gasteiger charge is -2.42. The van der Waals surface area contributed by atoms with E-state index in [1.165, 1.54) is 5.69 Å². The van der Waals surface area contributed by atoms with Gasteiger partial charge in [0.15, 0.2) is 0 Å². The summed E-state index contributed by atoms with van der Waals surface area (Å²) in [7, 11) is 0. The van der Waals surface area contributed by atoms with Gasteiger partial charge in [-0.1, -0.05) is 48.0 Å². The molecule has 3 atom stereocenters. The van der Waals surface area contributed by atoms with Gasteiger partial charge in [0.05, 0.1) is 4.91 Å². The molecule has 0 radical (unpaired) electrons. The summed E-state index contributed by atoms with van der Waals surface area (Å²) in [6, 6.07) is 18.0. The third-order valence-electron chi connectivity index (χ3n) is 6.86. The molecule has 0 bridgehead atoms. The molecular weight excluding hydrogens is 454 g/mol. The van der Waals surface area contributed by atoms with Gasteiger partial charge in [-0.05, 0) is 49.1 Å². The molecule has 1 saturated carbocycles. The Balaban J connectivity index is 1.18. The van der Waals surface area contributed by atoms with Gasteiger partial charge < -0.3 is 15.1 Å². The molecule has 2 saturated heterocycles. The van der Waals surface area contributed by atoms with Gasteiger partial charge in [-0.25, -0.2) is 0 Å². The molecule has 172 valence electrons. The number of halogens is 1. The van der Waals surface area contributed by atoms with E-state index in [2.05, 4.69) is 34.5 Å². The minimum atomic E-state index is -0.0641. The van der Waals surface area contributed by atoms with Crippen LogP contribution in [0.3, 0.4) is 0 Å². The van der Waals surface area contributed by atoms with Crippen LogP contribution in [0.4, 0.5) is 5.69 Å². The molecule has 1 N–H and O–H groups in total. The highest BCUT2D eigenvalue weighted by atomic mass is 35.5. The number of piperazine rings is 1. The van der Waals surface area contributed by atoms with Crippen LogP contribution in [-0.4, -0.2) is 54.2 Å². The Morgan fingerprint density at radius 3 is 2.48 bits per heavy atom. The topological polar surface area (TPSA) is 52.7 Å². The Morgan fingerprint density at radius 1 is 1.00 bits per heavy atom. The number of fused-ring (bicyclic) bond motifs is 1. The Bertz CT molecular complexity index is 1050. The molecule has 3 aliphatic rings. The molecule has 2 aromatic carbocycles. The number of thioether (sulfide) groups is 1. The summed E-state index contributed by atoms with van der Waals surface area (Å²) in [5.74, 6) is 0.174. The number of hydrogen-bond acceptors (Lipinski definition) is 4. The van der Waals surface area contributed by atoms with Gasteiger partial charge in [-0.3, -0.25) is 9.59 Å². The standard InChI is InChI=1S/C26H28ClN3O2S/c27-21-9-5-4-6-18(21)17-24-25(31)28-22-16-19(10-11-23(22)33-24)26(32)30-14-12-29(13-15-30)20-7-2-1-3-8-20/h1-9,17,19,22-23H,10-16H2,(H,28,31)/b24-17+. The summed E-state index contributed by atoms with van der Waals surface area (Å²) in [6.45, 7) is 3.23. The van der Waals surface area contributed by atoms with Crippen molar-refractivity contribution in [1.29, 1.82) is 0 Å². The van der Waals surface area contributed by atoms with Crippen LogP contribution in [0.25, 0.3) is 6.08 Å². The predicted octanol–water partition coefficient (Wildman–Crippen LogP) is 4.43. The molecule has 5 nitrogen and oxygen atoms in total. The molecule has 2 aromatic rings. The van der Waals surface area contributed by atoms with Crippen molar-refractivity contribution in [2.45, 2.75) is 30.6 Å². The maximum absolute atomic E-state index is 13.3. The van der Waals surface area contributed by atoms with E-state index in [-0.39, 0.29) is 23.8 Å². The van der Waals surface area contributed by atoms with Crippen LogP contribution in [0.1, 0.15) is 24.8 Å². The molecule has 7 heteroatoms. The Hall–Kier alpha value is -2.44. The maximum atomic E-state index is 13.3. The third-order valence-corrected chi connectivity index (χ3v) is 8.63. The van der Waals surface area contributed by atoms with Crippen molar-refractivity contribution in [1.82, 2.24) is 10.2 Å². The highest BCUT2D eigenvalue weighted by Gasteiger charge is 2.41. The third kappa shape index (κ3) is 4.92. The minimum absolute atomic E-state index is 0.00970.